The summed E-state index contributed by atoms with van der Waals surface area (Å²) in [7, 11) is -4.04. The summed E-state index contributed by atoms with van der Waals surface area (Å²) in [6, 6.07) is 10.1. The number of hydrogen-bond acceptors (Lipinski definition) is 4. The summed E-state index contributed by atoms with van der Waals surface area (Å²) >= 11 is 0. The van der Waals surface area contributed by atoms with Crippen LogP contribution in [0.3, 0.4) is 0 Å². The molecule has 25 heavy (non-hydrogen) atoms. The predicted molar refractivity (Wildman–Crippen MR) is 93.3 cm³/mol. The lowest BCUT2D eigenvalue weighted by Gasteiger charge is -2.29. The Bertz CT molecular complexity index is 832. The molecule has 0 unspecified atom stereocenters. The van der Waals surface area contributed by atoms with Crippen LogP contribution in [0.5, 0.6) is 0 Å². The van der Waals surface area contributed by atoms with Crippen molar-refractivity contribution in [2.45, 2.75) is 31.7 Å². The number of anilines is 1. The zero-order valence-electron chi connectivity index (χ0n) is 14.3. The first-order valence-electron chi connectivity index (χ1n) is 7.80. The van der Waals surface area contributed by atoms with E-state index in [1.807, 2.05) is 6.92 Å². The molecule has 2 rings (SSSR count). The predicted octanol–water partition coefficient (Wildman–Crippen LogP) is 3.28. The number of esters is 1. The number of carbonyl (C=O) groups is 1. The largest absolute Gasteiger partial charge is 0.464 e. The molecule has 0 aliphatic rings. The summed E-state index contributed by atoms with van der Waals surface area (Å²) in [5.74, 6) is -1.18. The van der Waals surface area contributed by atoms with Gasteiger partial charge in [-0.1, -0.05) is 17.7 Å². The maximum Gasteiger partial charge on any atom is 0.329 e. The number of rotatable bonds is 6. The smallest absolute Gasteiger partial charge is 0.329 e. The van der Waals surface area contributed by atoms with Crippen LogP contribution in [0.4, 0.5) is 10.1 Å². The Kier molecular flexibility index (Phi) is 5.79. The topological polar surface area (TPSA) is 63.7 Å². The number of hydrogen-bond donors (Lipinski definition) is 0. The van der Waals surface area contributed by atoms with E-state index in [0.717, 1.165) is 22.0 Å². The lowest BCUT2D eigenvalue weighted by Crippen LogP contribution is -2.44. The summed E-state index contributed by atoms with van der Waals surface area (Å²) < 4.78 is 45.4. The molecular weight excluding hydrogens is 345 g/mol. The fraction of sp³-hybridized carbons (Fsp3) is 0.278. The number of benzene rings is 2. The Morgan fingerprint density at radius 2 is 1.68 bits per heavy atom. The number of aryl methyl sites for hydroxylation is 1. The molecule has 7 heteroatoms. The van der Waals surface area contributed by atoms with Crippen LogP contribution in [0.15, 0.2) is 53.4 Å². The molecule has 0 heterocycles. The summed E-state index contributed by atoms with van der Waals surface area (Å²) in [5, 5.41) is 0. The van der Waals surface area contributed by atoms with Crippen molar-refractivity contribution >= 4 is 21.7 Å². The Balaban J connectivity index is 2.55. The Hall–Kier alpha value is -2.41. The molecule has 0 bridgehead atoms. The van der Waals surface area contributed by atoms with Gasteiger partial charge >= 0.3 is 5.97 Å². The number of sulfonamides is 1. The first-order chi connectivity index (χ1) is 11.8. The fourth-order valence-electron chi connectivity index (χ4n) is 2.34. The highest BCUT2D eigenvalue weighted by atomic mass is 32.2. The van der Waals surface area contributed by atoms with Crippen LogP contribution in [-0.4, -0.2) is 27.0 Å². The van der Waals surface area contributed by atoms with Gasteiger partial charge in [-0.15, -0.1) is 0 Å². The van der Waals surface area contributed by atoms with Gasteiger partial charge in [0.2, 0.25) is 0 Å². The van der Waals surface area contributed by atoms with Crippen molar-refractivity contribution in [3.63, 3.8) is 0 Å². The third kappa shape index (κ3) is 4.17. The van der Waals surface area contributed by atoms with Crippen molar-refractivity contribution < 1.29 is 22.3 Å². The van der Waals surface area contributed by atoms with Gasteiger partial charge in [0.05, 0.1) is 17.2 Å². The minimum absolute atomic E-state index is 0.0403. The van der Waals surface area contributed by atoms with E-state index in [9.17, 15) is 17.6 Å². The molecular formula is C18H20FNO4S. The SMILES string of the molecule is CCOC(=O)[C@@H](C)N(c1ccc(F)cc1)S(=O)(=O)c1ccc(C)cc1. The maximum absolute atomic E-state index is 13.2. The van der Waals surface area contributed by atoms with Crippen LogP contribution >= 0.6 is 0 Å². The van der Waals surface area contributed by atoms with Gasteiger partial charge in [-0.25, -0.2) is 17.6 Å². The summed E-state index contributed by atoms with van der Waals surface area (Å²) in [6.45, 7) is 5.05. The molecule has 0 saturated heterocycles. The lowest BCUT2D eigenvalue weighted by atomic mass is 10.2. The maximum atomic E-state index is 13.2. The Morgan fingerprint density at radius 3 is 2.20 bits per heavy atom. The average molecular weight is 365 g/mol. The van der Waals surface area contributed by atoms with Crippen molar-refractivity contribution in [3.8, 4) is 0 Å². The molecule has 5 nitrogen and oxygen atoms in total. The summed E-state index contributed by atoms with van der Waals surface area (Å²) in [6.07, 6.45) is 0. The summed E-state index contributed by atoms with van der Waals surface area (Å²) in [5.41, 5.74) is 1.09. The van der Waals surface area contributed by atoms with Crippen molar-refractivity contribution in [2.75, 3.05) is 10.9 Å². The van der Waals surface area contributed by atoms with Crippen LogP contribution < -0.4 is 4.31 Å². The zero-order chi connectivity index (χ0) is 18.6. The quantitative estimate of drug-likeness (QED) is 0.737. The van der Waals surface area contributed by atoms with Gasteiger partial charge in [0.1, 0.15) is 11.9 Å². The first-order valence-corrected chi connectivity index (χ1v) is 9.24. The molecule has 0 fully saturated rings. The highest BCUT2D eigenvalue weighted by molar-refractivity contribution is 7.92. The van der Waals surface area contributed by atoms with Gasteiger partial charge < -0.3 is 4.74 Å². The van der Waals surface area contributed by atoms with Gasteiger partial charge in [0.25, 0.3) is 10.0 Å². The van der Waals surface area contributed by atoms with Crippen LogP contribution in [0.1, 0.15) is 19.4 Å². The molecule has 134 valence electrons. The normalized spacial score (nSPS) is 12.5. The third-order valence-electron chi connectivity index (χ3n) is 3.64. The van der Waals surface area contributed by atoms with Crippen molar-refractivity contribution in [2.24, 2.45) is 0 Å². The molecule has 2 aromatic rings. The van der Waals surface area contributed by atoms with E-state index in [1.54, 1.807) is 19.1 Å². The summed E-state index contributed by atoms with van der Waals surface area (Å²) in [4.78, 5) is 12.2. The molecule has 0 N–H and O–H groups in total. The first kappa shape index (κ1) is 18.9. The monoisotopic (exact) mass is 365 g/mol. The highest BCUT2D eigenvalue weighted by Crippen LogP contribution is 2.27. The van der Waals surface area contributed by atoms with Crippen LogP contribution in [0.25, 0.3) is 0 Å². The second-order valence-electron chi connectivity index (χ2n) is 5.52. The van der Waals surface area contributed by atoms with E-state index in [1.165, 1.54) is 31.2 Å². The average Bonchev–Trinajstić information content (AvgIpc) is 2.57. The Morgan fingerprint density at radius 1 is 1.12 bits per heavy atom. The molecule has 0 spiro atoms. The molecule has 0 aliphatic carbocycles. The van der Waals surface area contributed by atoms with Gasteiger partial charge in [-0.2, -0.15) is 0 Å². The second kappa shape index (κ2) is 7.65. The van der Waals surface area contributed by atoms with E-state index >= 15 is 0 Å². The standard InChI is InChI=1S/C18H20FNO4S/c1-4-24-18(21)14(3)20(16-9-7-15(19)8-10-16)25(22,23)17-11-5-13(2)6-12-17/h5-12,14H,4H2,1-3H3/t14-/m1/s1. The molecule has 2 aromatic carbocycles. The second-order valence-corrected chi connectivity index (χ2v) is 7.33. The number of ether oxygens (including phenoxy) is 1. The number of nitrogens with zero attached hydrogens (tertiary/aromatic N) is 1. The zero-order valence-corrected chi connectivity index (χ0v) is 15.1. The van der Waals surface area contributed by atoms with Crippen LogP contribution in [-0.2, 0) is 19.6 Å². The van der Waals surface area contributed by atoms with Gasteiger partial charge in [0.15, 0.2) is 0 Å². The van der Waals surface area contributed by atoms with E-state index in [-0.39, 0.29) is 17.2 Å². The van der Waals surface area contributed by atoms with Crippen molar-refractivity contribution in [1.29, 1.82) is 0 Å². The molecule has 0 saturated carbocycles. The molecule has 0 aliphatic heterocycles. The minimum atomic E-state index is -4.04. The van der Waals surface area contributed by atoms with Gasteiger partial charge in [0, 0.05) is 0 Å². The Labute approximate surface area is 147 Å². The van der Waals surface area contributed by atoms with E-state index in [2.05, 4.69) is 0 Å². The van der Waals surface area contributed by atoms with Crippen LogP contribution in [0.2, 0.25) is 0 Å². The molecule has 0 aromatic heterocycles. The fourth-order valence-corrected chi connectivity index (χ4v) is 3.95. The lowest BCUT2D eigenvalue weighted by molar-refractivity contribution is -0.144. The van der Waals surface area contributed by atoms with Gasteiger partial charge in [-0.05, 0) is 57.2 Å². The number of carbonyl (C=O) groups excluding carboxylic acids is 1. The van der Waals surface area contributed by atoms with E-state index < -0.39 is 27.9 Å². The van der Waals surface area contributed by atoms with Gasteiger partial charge in [-0.3, -0.25) is 4.31 Å². The van der Waals surface area contributed by atoms with E-state index in [0.29, 0.717) is 0 Å². The van der Waals surface area contributed by atoms with Crippen molar-refractivity contribution in [1.82, 2.24) is 0 Å². The van der Waals surface area contributed by atoms with Crippen molar-refractivity contribution in [3.05, 3.63) is 59.9 Å². The van der Waals surface area contributed by atoms with Crippen LogP contribution in [0, 0.1) is 12.7 Å². The third-order valence-corrected chi connectivity index (χ3v) is 5.55. The highest BCUT2D eigenvalue weighted by Gasteiger charge is 2.34. The molecule has 1 atom stereocenters. The molecule has 0 amide bonds. The molecule has 0 radical (unpaired) electrons. The number of halogens is 1. The minimum Gasteiger partial charge on any atom is -0.464 e. The van der Waals surface area contributed by atoms with E-state index in [4.69, 9.17) is 4.74 Å².